The van der Waals surface area contributed by atoms with Crippen molar-refractivity contribution >= 4 is 22.6 Å². The molecule has 0 spiro atoms. The molecule has 1 aromatic carbocycles. The largest absolute Gasteiger partial charge is 0.486 e. The fourth-order valence-corrected chi connectivity index (χ4v) is 2.09. The Hall–Kier alpha value is -0.750. The molecule has 0 aliphatic carbocycles. The van der Waals surface area contributed by atoms with E-state index in [0.29, 0.717) is 6.61 Å². The lowest BCUT2D eigenvalue weighted by Crippen LogP contribution is -2.04. The third-order valence-corrected chi connectivity index (χ3v) is 2.72. The van der Waals surface area contributed by atoms with Gasteiger partial charge in [0.05, 0.1) is 0 Å². The lowest BCUT2D eigenvalue weighted by Gasteiger charge is -2.14. The van der Waals surface area contributed by atoms with Crippen molar-refractivity contribution in [3.8, 4) is 11.5 Å². The number of benzene rings is 1. The quantitative estimate of drug-likeness (QED) is 0.447. The summed E-state index contributed by atoms with van der Waals surface area (Å²) >= 11 is 2.26. The molecule has 0 fully saturated rings. The average Bonchev–Trinajstić information content (AvgIpc) is 2.28. The van der Waals surface area contributed by atoms with Gasteiger partial charge in [0.1, 0.15) is 6.61 Å². The first-order chi connectivity index (χ1) is 8.19. The van der Waals surface area contributed by atoms with Gasteiger partial charge in [-0.1, -0.05) is 12.2 Å². The van der Waals surface area contributed by atoms with Gasteiger partial charge in [-0.05, 0) is 54.1 Å². The average molecular weight is 348 g/mol. The molecule has 0 aliphatic heterocycles. The molecule has 94 valence electrons. The normalized spacial score (nSPS) is 10.8. The van der Waals surface area contributed by atoms with E-state index in [9.17, 15) is 0 Å². The summed E-state index contributed by atoms with van der Waals surface area (Å²) in [6.45, 7) is 4.72. The SMILES string of the molecule is C/C=C/COc1cc(I)cc(C)c1OCOC. The molecule has 0 heterocycles. The molecule has 1 rings (SSSR count). The van der Waals surface area contributed by atoms with Crippen LogP contribution in [0.15, 0.2) is 24.3 Å². The molecule has 0 radical (unpaired) electrons. The van der Waals surface area contributed by atoms with Crippen LogP contribution in [0.3, 0.4) is 0 Å². The highest BCUT2D eigenvalue weighted by molar-refractivity contribution is 14.1. The Labute approximate surface area is 116 Å². The summed E-state index contributed by atoms with van der Waals surface area (Å²) in [5.41, 5.74) is 1.05. The topological polar surface area (TPSA) is 27.7 Å². The minimum atomic E-state index is 0.224. The van der Waals surface area contributed by atoms with Crippen molar-refractivity contribution in [1.29, 1.82) is 0 Å². The monoisotopic (exact) mass is 348 g/mol. The maximum Gasteiger partial charge on any atom is 0.188 e. The third kappa shape index (κ3) is 4.55. The molecule has 1 aromatic rings. The van der Waals surface area contributed by atoms with Gasteiger partial charge in [-0.15, -0.1) is 0 Å². The highest BCUT2D eigenvalue weighted by Crippen LogP contribution is 2.33. The number of rotatable bonds is 6. The van der Waals surface area contributed by atoms with Crippen molar-refractivity contribution in [2.75, 3.05) is 20.5 Å². The zero-order valence-corrected chi connectivity index (χ0v) is 12.5. The van der Waals surface area contributed by atoms with Crippen LogP contribution in [0, 0.1) is 10.5 Å². The van der Waals surface area contributed by atoms with Crippen molar-refractivity contribution in [2.24, 2.45) is 0 Å². The van der Waals surface area contributed by atoms with E-state index >= 15 is 0 Å². The van der Waals surface area contributed by atoms with Crippen LogP contribution in [-0.4, -0.2) is 20.5 Å². The summed E-state index contributed by atoms with van der Waals surface area (Å²) in [6, 6.07) is 4.01. The highest BCUT2D eigenvalue weighted by atomic mass is 127. The van der Waals surface area contributed by atoms with Gasteiger partial charge in [0.2, 0.25) is 0 Å². The number of allylic oxidation sites excluding steroid dienone is 1. The second-order valence-corrected chi connectivity index (χ2v) is 4.73. The Morgan fingerprint density at radius 3 is 2.71 bits per heavy atom. The minimum absolute atomic E-state index is 0.224. The van der Waals surface area contributed by atoms with Gasteiger partial charge in [-0.25, -0.2) is 0 Å². The Bertz CT molecular complexity index is 388. The number of methoxy groups -OCH3 is 1. The summed E-state index contributed by atoms with van der Waals surface area (Å²) in [5.74, 6) is 1.50. The fraction of sp³-hybridized carbons (Fsp3) is 0.385. The maximum atomic E-state index is 5.66. The van der Waals surface area contributed by atoms with E-state index in [2.05, 4.69) is 22.6 Å². The number of halogens is 1. The maximum absolute atomic E-state index is 5.66. The first-order valence-corrected chi connectivity index (χ1v) is 6.42. The van der Waals surface area contributed by atoms with E-state index in [0.717, 1.165) is 20.6 Å². The molecule has 0 bridgehead atoms. The Kier molecular flexibility index (Phi) is 6.36. The Morgan fingerprint density at radius 2 is 2.06 bits per heavy atom. The van der Waals surface area contributed by atoms with Gasteiger partial charge in [-0.2, -0.15) is 0 Å². The number of hydrogen-bond acceptors (Lipinski definition) is 3. The summed E-state index contributed by atoms with van der Waals surface area (Å²) < 4.78 is 17.2. The molecule has 0 N–H and O–H groups in total. The Morgan fingerprint density at radius 1 is 1.29 bits per heavy atom. The van der Waals surface area contributed by atoms with Crippen LogP contribution in [0.5, 0.6) is 11.5 Å². The predicted molar refractivity (Wildman–Crippen MR) is 76.7 cm³/mol. The minimum Gasteiger partial charge on any atom is -0.486 e. The van der Waals surface area contributed by atoms with Crippen LogP contribution in [0.25, 0.3) is 0 Å². The van der Waals surface area contributed by atoms with E-state index in [1.165, 1.54) is 0 Å². The van der Waals surface area contributed by atoms with Gasteiger partial charge < -0.3 is 14.2 Å². The van der Waals surface area contributed by atoms with Crippen molar-refractivity contribution in [3.63, 3.8) is 0 Å². The second-order valence-electron chi connectivity index (χ2n) is 3.48. The molecular weight excluding hydrogens is 331 g/mol. The molecule has 0 amide bonds. The van der Waals surface area contributed by atoms with Crippen molar-refractivity contribution < 1.29 is 14.2 Å². The first-order valence-electron chi connectivity index (χ1n) is 5.35. The summed E-state index contributed by atoms with van der Waals surface area (Å²) in [6.07, 6.45) is 3.91. The number of ether oxygens (including phenoxy) is 3. The van der Waals surface area contributed by atoms with Crippen LogP contribution in [0.1, 0.15) is 12.5 Å². The highest BCUT2D eigenvalue weighted by Gasteiger charge is 2.10. The molecular formula is C13H17IO3. The van der Waals surface area contributed by atoms with Crippen LogP contribution >= 0.6 is 22.6 Å². The van der Waals surface area contributed by atoms with E-state index in [4.69, 9.17) is 14.2 Å². The van der Waals surface area contributed by atoms with Crippen LogP contribution in [0.2, 0.25) is 0 Å². The molecule has 4 heteroatoms. The Balaban J connectivity index is 2.89. The second kappa shape index (κ2) is 7.55. The van der Waals surface area contributed by atoms with Gasteiger partial charge in [-0.3, -0.25) is 0 Å². The molecule has 0 aromatic heterocycles. The van der Waals surface area contributed by atoms with Gasteiger partial charge in [0, 0.05) is 10.7 Å². The zero-order chi connectivity index (χ0) is 12.7. The summed E-state index contributed by atoms with van der Waals surface area (Å²) in [4.78, 5) is 0. The van der Waals surface area contributed by atoms with Crippen LogP contribution in [-0.2, 0) is 4.74 Å². The standard InChI is InChI=1S/C13H17IO3/c1-4-5-6-16-12-8-11(14)7-10(2)13(12)17-9-15-3/h4-5,7-8H,6,9H2,1-3H3/b5-4+. The van der Waals surface area contributed by atoms with Gasteiger partial charge in [0.15, 0.2) is 18.3 Å². The molecule has 0 unspecified atom stereocenters. The van der Waals surface area contributed by atoms with Crippen molar-refractivity contribution in [1.82, 2.24) is 0 Å². The van der Waals surface area contributed by atoms with E-state index in [1.54, 1.807) is 7.11 Å². The lowest BCUT2D eigenvalue weighted by molar-refractivity contribution is 0.0483. The zero-order valence-electron chi connectivity index (χ0n) is 10.3. The smallest absolute Gasteiger partial charge is 0.188 e. The molecule has 0 saturated carbocycles. The van der Waals surface area contributed by atoms with Crippen molar-refractivity contribution in [3.05, 3.63) is 33.4 Å². The number of hydrogen-bond donors (Lipinski definition) is 0. The predicted octanol–water partition coefficient (Wildman–Crippen LogP) is 3.54. The first kappa shape index (κ1) is 14.3. The fourth-order valence-electron chi connectivity index (χ4n) is 1.34. The lowest BCUT2D eigenvalue weighted by atomic mass is 10.2. The van der Waals surface area contributed by atoms with E-state index < -0.39 is 0 Å². The van der Waals surface area contributed by atoms with Gasteiger partial charge >= 0.3 is 0 Å². The molecule has 17 heavy (non-hydrogen) atoms. The molecule has 0 aliphatic rings. The van der Waals surface area contributed by atoms with Crippen molar-refractivity contribution in [2.45, 2.75) is 13.8 Å². The summed E-state index contributed by atoms with van der Waals surface area (Å²) in [5, 5.41) is 0. The molecule has 0 atom stereocenters. The van der Waals surface area contributed by atoms with E-state index in [-0.39, 0.29) is 6.79 Å². The van der Waals surface area contributed by atoms with Gasteiger partial charge in [0.25, 0.3) is 0 Å². The third-order valence-electron chi connectivity index (χ3n) is 2.10. The van der Waals surface area contributed by atoms with Crippen LogP contribution in [0.4, 0.5) is 0 Å². The molecule has 0 saturated heterocycles. The molecule has 3 nitrogen and oxygen atoms in total. The summed E-state index contributed by atoms with van der Waals surface area (Å²) in [7, 11) is 1.60. The van der Waals surface area contributed by atoms with Crippen LogP contribution < -0.4 is 9.47 Å². The number of aryl methyl sites for hydroxylation is 1. The van der Waals surface area contributed by atoms with E-state index in [1.807, 2.05) is 38.1 Å².